The molecule has 4 nitrogen and oxygen atoms in total. The van der Waals surface area contributed by atoms with Crippen molar-refractivity contribution >= 4 is 101 Å². The number of hydrogen-bond donors (Lipinski definition) is 0. The largest absolute Gasteiger partial charge is 0.311 e. The fraction of sp³-hybridized carbons (Fsp3) is 0.355. The molecule has 0 amide bonds. The van der Waals surface area contributed by atoms with Crippen LogP contribution in [0.5, 0.6) is 0 Å². The minimum absolute atomic E-state index is 0.0372. The van der Waals surface area contributed by atoms with Crippen LogP contribution in [-0.4, -0.2) is 15.8 Å². The van der Waals surface area contributed by atoms with E-state index in [1.807, 2.05) is 20.8 Å². The average molecular weight is 1670 g/mol. The molecule has 15 aromatic rings. The smallest absolute Gasteiger partial charge is 0.252 e. The van der Waals surface area contributed by atoms with E-state index in [2.05, 4.69) is 391 Å². The van der Waals surface area contributed by atoms with Gasteiger partial charge >= 0.3 is 0 Å². The van der Waals surface area contributed by atoms with Gasteiger partial charge in [0, 0.05) is 69.5 Å². The molecule has 0 spiro atoms. The molecule has 0 unspecified atom stereocenters. The first-order valence-electron chi connectivity index (χ1n) is 51.0. The molecule has 644 valence electrons. The van der Waals surface area contributed by atoms with Crippen molar-refractivity contribution in [1.82, 2.24) is 9.13 Å². The van der Waals surface area contributed by atoms with Gasteiger partial charge in [-0.3, -0.25) is 0 Å². The molecular formula is C121H137BN4. The van der Waals surface area contributed by atoms with Crippen LogP contribution in [0, 0.1) is 37.9 Å². The van der Waals surface area contributed by atoms with Crippen LogP contribution in [-0.2, 0) is 55.7 Å². The van der Waals surface area contributed by atoms with Gasteiger partial charge in [-0.1, -0.05) is 345 Å². The number of rotatable bonds is 15. The topological polar surface area (TPSA) is 16.3 Å². The van der Waals surface area contributed by atoms with Crippen LogP contribution in [0.2, 0.25) is 0 Å². The van der Waals surface area contributed by atoms with E-state index >= 15 is 0 Å². The van der Waals surface area contributed by atoms with Gasteiger partial charge in [0.15, 0.2) is 0 Å². The lowest BCUT2D eigenvalue weighted by molar-refractivity contribution is 0.410. The molecule has 4 heterocycles. The third kappa shape index (κ3) is 17.9. The van der Waals surface area contributed by atoms with Crippen LogP contribution in [0.1, 0.15) is 251 Å². The first-order chi connectivity index (χ1) is 63.1. The molecule has 2 aliphatic rings. The predicted molar refractivity (Wildman–Crippen MR) is 550 cm³/mol. The second kappa shape index (κ2) is 31.6. The number of benzene rings is 13. The highest BCUT2D eigenvalue weighted by atomic mass is 15.2. The molecule has 0 fully saturated rings. The Morgan fingerprint density at radius 2 is 0.603 bits per heavy atom. The molecule has 0 radical (unpaired) electrons. The Labute approximate surface area is 770 Å². The van der Waals surface area contributed by atoms with Crippen molar-refractivity contribution in [2.45, 2.75) is 243 Å². The maximum atomic E-state index is 11.2. The molecule has 5 heteroatoms. The van der Waals surface area contributed by atoms with Gasteiger partial charge in [0.1, 0.15) is 0 Å². The van der Waals surface area contributed by atoms with E-state index in [1.54, 1.807) is 0 Å². The van der Waals surface area contributed by atoms with E-state index in [1.165, 1.54) is 33.4 Å². The second-order valence-corrected chi connectivity index (χ2v) is 47.3. The first-order valence-corrected chi connectivity index (χ1v) is 46.0. The standard InChI is InChI=1S/C121H137BN4/c1-113(2,3)70-77-36-32-40-82(56-77)94-68-106(96(62-86(94)75-118(16,17)18)84-42-34-38-79(58-84)72-115(7,8)9)125-108-66-90(123-102-46-30-28-44-92(102)98-64-88(120(22,23)24)48-54-104(98)123)50-52-100(108)122-101-53-51-91(124-103-47-31-29-45-93(103)99-65-89(121(25,26)27)49-55-105(99)124)67-109(101)126(111-61-81(74-117(13,14)15)60-110(125)112(111)122)107-69-95(83-41-33-37-78(57-83)71-114(4,5)6)87(76-119(19,20)21)63-97(107)85-43-35-39-80(59-85)73-116(10,11)12/h28-69H,70-76H2,1-27H3/i28D,29D,30D,31D,44D,45D,46D,47D,74D2. The highest BCUT2D eigenvalue weighted by Gasteiger charge is 2.46. The molecular weight excluding hydrogens is 1520 g/mol. The van der Waals surface area contributed by atoms with Gasteiger partial charge in [-0.2, -0.15) is 0 Å². The molecule has 17 rings (SSSR count). The number of nitrogens with zero attached hydrogens (tertiary/aromatic N) is 4. The minimum Gasteiger partial charge on any atom is -0.311 e. The zero-order chi connectivity index (χ0) is 98.6. The summed E-state index contributed by atoms with van der Waals surface area (Å²) >= 11 is 0. The highest BCUT2D eigenvalue weighted by molar-refractivity contribution is 7.00. The van der Waals surface area contributed by atoms with Crippen LogP contribution in [0.3, 0.4) is 0 Å². The monoisotopic (exact) mass is 1670 g/mol. The van der Waals surface area contributed by atoms with Gasteiger partial charge < -0.3 is 18.9 Å². The normalized spacial score (nSPS) is 14.9. The summed E-state index contributed by atoms with van der Waals surface area (Å²) in [5.74, 6) is 0. The van der Waals surface area contributed by atoms with Crippen LogP contribution < -0.4 is 26.2 Å². The van der Waals surface area contributed by atoms with E-state index < -0.39 is 18.5 Å². The molecule has 0 N–H and O–H groups in total. The Balaban J connectivity index is 1.12. The van der Waals surface area contributed by atoms with Crippen molar-refractivity contribution in [2.24, 2.45) is 37.9 Å². The molecule has 2 aliphatic heterocycles. The molecule has 0 atom stereocenters. The van der Waals surface area contributed by atoms with Crippen LogP contribution in [0.25, 0.3) is 99.5 Å². The van der Waals surface area contributed by atoms with E-state index in [0.29, 0.717) is 60.5 Å². The zero-order valence-electron chi connectivity index (χ0n) is 90.2. The first kappa shape index (κ1) is 75.3. The minimum atomic E-state index is -2.08. The molecule has 0 saturated heterocycles. The third-order valence-corrected chi connectivity index (χ3v) is 24.9. The number of fused-ring (bicyclic) bond motifs is 10. The van der Waals surface area contributed by atoms with Crippen LogP contribution >= 0.6 is 0 Å². The SMILES string of the molecule is [2H]c1c([2H])c([2H])c2c(c1[2H])c1cc(C(C)(C)C)ccc1n2-c1ccc2c(c1)N(c1cc(-c3cccc(CC(C)(C)C)c3)c(CC(C)(C)C)cc1-c1cccc(CC(C)(C)C)c1)c1cc(C([2H])([2H])C(C)(C)C)cc3c1B2c1ccc(-n2c4ccc(C(C)(C)C)cc4c4c([2H])c([2H])c([2H])c([2H])c42)cc1N3c1cc(-c2cccc(CC(C)(C)C)c2)c(CC(C)(C)C)cc1-c1cccc(CC(C)(C)C)c1. The lowest BCUT2D eigenvalue weighted by atomic mass is 9.33. The second-order valence-electron chi connectivity index (χ2n) is 47.3. The molecule has 126 heavy (non-hydrogen) atoms. The molecule has 0 saturated carbocycles. The summed E-state index contributed by atoms with van der Waals surface area (Å²) in [6, 6.07) is 74.9. The fourth-order valence-corrected chi connectivity index (χ4v) is 20.1. The van der Waals surface area contributed by atoms with Crippen LogP contribution in [0.4, 0.5) is 34.1 Å². The highest BCUT2D eigenvalue weighted by Crippen LogP contribution is 2.54. The summed E-state index contributed by atoms with van der Waals surface area (Å²) in [7, 11) is 0. The maximum Gasteiger partial charge on any atom is 0.252 e. The Morgan fingerprint density at radius 1 is 0.270 bits per heavy atom. The van der Waals surface area contributed by atoms with Crippen molar-refractivity contribution in [3.8, 4) is 55.9 Å². The number of para-hydroxylation sites is 2. The molecule has 0 bridgehead atoms. The van der Waals surface area contributed by atoms with Gasteiger partial charge in [0.05, 0.1) is 44.4 Å². The molecule has 0 aliphatic carbocycles. The summed E-state index contributed by atoms with van der Waals surface area (Å²) in [5, 5.41) is 2.26. The quantitative estimate of drug-likeness (QED) is 0.0951. The van der Waals surface area contributed by atoms with Crippen molar-refractivity contribution in [2.75, 3.05) is 9.80 Å². The van der Waals surface area contributed by atoms with Crippen molar-refractivity contribution in [1.29, 1.82) is 0 Å². The average Bonchev–Trinajstić information content (AvgIpc) is 0.720. The zero-order valence-corrected chi connectivity index (χ0v) is 80.2. The molecule has 2 aromatic heterocycles. The van der Waals surface area contributed by atoms with Gasteiger partial charge in [-0.15, -0.1) is 0 Å². The Bertz CT molecular complexity index is 6960. The number of aromatic nitrogens is 2. The van der Waals surface area contributed by atoms with E-state index in [-0.39, 0.29) is 91.7 Å². The molecule has 13 aromatic carbocycles. The van der Waals surface area contributed by atoms with Crippen molar-refractivity contribution < 1.29 is 13.7 Å². The van der Waals surface area contributed by atoms with Gasteiger partial charge in [-0.25, -0.2) is 0 Å². The lowest BCUT2D eigenvalue weighted by Gasteiger charge is -2.46. The van der Waals surface area contributed by atoms with Crippen molar-refractivity contribution in [3.05, 3.63) is 305 Å². The van der Waals surface area contributed by atoms with Crippen LogP contribution in [0.15, 0.2) is 255 Å². The Hall–Kier alpha value is -10.9. The third-order valence-electron chi connectivity index (χ3n) is 24.9. The lowest BCUT2D eigenvalue weighted by Crippen LogP contribution is -2.61. The summed E-state index contributed by atoms with van der Waals surface area (Å²) in [4.78, 5) is 4.94. The Morgan fingerprint density at radius 3 is 0.929 bits per heavy atom. The van der Waals surface area contributed by atoms with Crippen molar-refractivity contribution in [3.63, 3.8) is 0 Å². The van der Waals surface area contributed by atoms with E-state index in [9.17, 15) is 13.7 Å². The van der Waals surface area contributed by atoms with E-state index in [0.717, 1.165) is 145 Å². The summed E-state index contributed by atoms with van der Waals surface area (Å²) in [5.41, 5.74) is 26.5. The maximum absolute atomic E-state index is 11.2. The van der Waals surface area contributed by atoms with Gasteiger partial charge in [-0.05, 0) is 290 Å². The number of anilines is 6. The summed E-state index contributed by atoms with van der Waals surface area (Å²) in [6.45, 7) is 59.9. The predicted octanol–water partition coefficient (Wildman–Crippen LogP) is 32.3. The van der Waals surface area contributed by atoms with E-state index in [4.69, 9.17) is 0 Å². The van der Waals surface area contributed by atoms with Gasteiger partial charge in [0.2, 0.25) is 0 Å². The van der Waals surface area contributed by atoms with Gasteiger partial charge in [0.25, 0.3) is 6.71 Å². The Kier molecular flexibility index (Phi) is 18.9. The number of hydrogen-bond acceptors (Lipinski definition) is 2. The summed E-state index contributed by atoms with van der Waals surface area (Å²) in [6.07, 6.45) is 2.65. The fourth-order valence-electron chi connectivity index (χ4n) is 20.1. The summed E-state index contributed by atoms with van der Waals surface area (Å²) < 4.78 is 105.